The fraction of sp³-hybridized carbons (Fsp3) is 0.615. The van der Waals surface area contributed by atoms with Gasteiger partial charge in [-0.2, -0.15) is 5.10 Å². The lowest BCUT2D eigenvalue weighted by atomic mass is 10.1. The summed E-state index contributed by atoms with van der Waals surface area (Å²) in [7, 11) is 1.78. The molecule has 2 N–H and O–H groups in total. The summed E-state index contributed by atoms with van der Waals surface area (Å²) in [5.74, 6) is 0.0352. The second-order valence-electron chi connectivity index (χ2n) is 4.99. The van der Waals surface area contributed by atoms with Crippen LogP contribution in [0.25, 0.3) is 0 Å². The van der Waals surface area contributed by atoms with Gasteiger partial charge >= 0.3 is 0 Å². The van der Waals surface area contributed by atoms with Crippen molar-refractivity contribution in [3.8, 4) is 0 Å². The third-order valence-corrected chi connectivity index (χ3v) is 4.07. The maximum Gasteiger partial charge on any atom is 0.272 e. The lowest BCUT2D eigenvalue weighted by molar-refractivity contribution is 0.0601. The van der Waals surface area contributed by atoms with Crippen LogP contribution in [0.15, 0.2) is 12.3 Å². The van der Waals surface area contributed by atoms with Gasteiger partial charge in [-0.05, 0) is 12.5 Å². The predicted molar refractivity (Wildman–Crippen MR) is 81.5 cm³/mol. The van der Waals surface area contributed by atoms with Crippen molar-refractivity contribution in [2.24, 2.45) is 12.8 Å². The third-order valence-electron chi connectivity index (χ3n) is 3.80. The summed E-state index contributed by atoms with van der Waals surface area (Å²) in [4.78, 5) is 17.0. The number of hydrogen-bond acceptors (Lipinski definition) is 4. The van der Waals surface area contributed by atoms with Gasteiger partial charge in [0.1, 0.15) is 5.69 Å². The van der Waals surface area contributed by atoms with Crippen molar-refractivity contribution in [1.29, 1.82) is 0 Å². The average Bonchev–Trinajstić information content (AvgIpc) is 2.85. The van der Waals surface area contributed by atoms with Crippen molar-refractivity contribution < 1.29 is 4.79 Å². The summed E-state index contributed by atoms with van der Waals surface area (Å²) in [5, 5.41) is 4.04. The Hall–Kier alpha value is -1.47. The molecule has 0 bridgehead atoms. The maximum atomic E-state index is 12.4. The predicted octanol–water partition coefficient (Wildman–Crippen LogP) is 0.243. The SMILES string of the molecule is CCC(C(N)=S)N1CCN(C(=O)c2ccnn2C)CC1. The number of nitrogens with zero attached hydrogens (tertiary/aromatic N) is 4. The molecule has 1 unspecified atom stereocenters. The standard InChI is InChI=1S/C13H21N5OS/c1-3-10(12(14)20)17-6-8-18(9-7-17)13(19)11-4-5-15-16(11)2/h4-5,10H,3,6-9H2,1-2H3,(H2,14,20). The first-order valence-electron chi connectivity index (χ1n) is 6.85. The fourth-order valence-corrected chi connectivity index (χ4v) is 2.94. The molecular weight excluding hydrogens is 274 g/mol. The highest BCUT2D eigenvalue weighted by Gasteiger charge is 2.27. The normalized spacial score (nSPS) is 18.0. The molecule has 1 aromatic rings. The number of aryl methyl sites for hydroxylation is 1. The Bertz CT molecular complexity index is 493. The number of thiocarbonyl (C=S) groups is 1. The van der Waals surface area contributed by atoms with Crippen LogP contribution in [0.5, 0.6) is 0 Å². The summed E-state index contributed by atoms with van der Waals surface area (Å²) < 4.78 is 1.61. The van der Waals surface area contributed by atoms with E-state index in [4.69, 9.17) is 18.0 Å². The van der Waals surface area contributed by atoms with Gasteiger partial charge in [-0.15, -0.1) is 0 Å². The number of nitrogens with two attached hydrogens (primary N) is 1. The maximum absolute atomic E-state index is 12.4. The summed E-state index contributed by atoms with van der Waals surface area (Å²) in [6.45, 7) is 5.09. The number of rotatable bonds is 4. The van der Waals surface area contributed by atoms with Gasteiger partial charge in [-0.25, -0.2) is 0 Å². The molecule has 110 valence electrons. The lowest BCUT2D eigenvalue weighted by Crippen LogP contribution is -2.54. The molecule has 1 aliphatic rings. The molecule has 2 rings (SSSR count). The zero-order valence-electron chi connectivity index (χ0n) is 12.0. The summed E-state index contributed by atoms with van der Waals surface area (Å²) in [6, 6.07) is 1.89. The van der Waals surface area contributed by atoms with Crippen LogP contribution < -0.4 is 5.73 Å². The van der Waals surface area contributed by atoms with Crippen LogP contribution >= 0.6 is 12.2 Å². The molecule has 0 radical (unpaired) electrons. The highest BCUT2D eigenvalue weighted by Crippen LogP contribution is 2.12. The van der Waals surface area contributed by atoms with E-state index in [2.05, 4.69) is 16.9 Å². The van der Waals surface area contributed by atoms with Crippen LogP contribution in [0.4, 0.5) is 0 Å². The lowest BCUT2D eigenvalue weighted by Gasteiger charge is -2.38. The Labute approximate surface area is 124 Å². The van der Waals surface area contributed by atoms with E-state index in [1.165, 1.54) is 0 Å². The zero-order chi connectivity index (χ0) is 14.7. The van der Waals surface area contributed by atoms with Crippen molar-refractivity contribution in [3.63, 3.8) is 0 Å². The molecule has 1 fully saturated rings. The molecule has 0 aliphatic carbocycles. The Balaban J connectivity index is 1.96. The average molecular weight is 295 g/mol. The van der Waals surface area contributed by atoms with Gasteiger partial charge in [-0.1, -0.05) is 19.1 Å². The third kappa shape index (κ3) is 2.99. The molecule has 0 aromatic carbocycles. The van der Waals surface area contributed by atoms with Gasteiger partial charge in [0, 0.05) is 39.4 Å². The zero-order valence-corrected chi connectivity index (χ0v) is 12.8. The topological polar surface area (TPSA) is 67.4 Å². The summed E-state index contributed by atoms with van der Waals surface area (Å²) in [5.41, 5.74) is 6.39. The first-order chi connectivity index (χ1) is 9.54. The van der Waals surface area contributed by atoms with Crippen molar-refractivity contribution >= 4 is 23.1 Å². The van der Waals surface area contributed by atoms with Crippen molar-refractivity contribution in [3.05, 3.63) is 18.0 Å². The Morgan fingerprint density at radius 2 is 2.10 bits per heavy atom. The first kappa shape index (κ1) is 14.9. The minimum atomic E-state index is 0.0352. The molecule has 1 saturated heterocycles. The Kier molecular flexibility index (Phi) is 4.72. The van der Waals surface area contributed by atoms with Gasteiger partial charge in [0.05, 0.1) is 11.0 Å². The summed E-state index contributed by atoms with van der Waals surface area (Å²) in [6.07, 6.45) is 2.55. The molecule has 1 aromatic heterocycles. The Morgan fingerprint density at radius 3 is 2.55 bits per heavy atom. The highest BCUT2D eigenvalue weighted by atomic mass is 32.1. The van der Waals surface area contributed by atoms with Gasteiger partial charge in [0.15, 0.2) is 0 Å². The van der Waals surface area contributed by atoms with Gasteiger partial charge in [0.25, 0.3) is 5.91 Å². The van der Waals surface area contributed by atoms with E-state index >= 15 is 0 Å². The number of carbonyl (C=O) groups excluding carboxylic acids is 1. The quantitative estimate of drug-likeness (QED) is 0.806. The van der Waals surface area contributed by atoms with Gasteiger partial charge < -0.3 is 10.6 Å². The van der Waals surface area contributed by atoms with E-state index < -0.39 is 0 Å². The van der Waals surface area contributed by atoms with Crippen molar-refractivity contribution in [1.82, 2.24) is 19.6 Å². The van der Waals surface area contributed by atoms with E-state index in [1.54, 1.807) is 24.0 Å². The van der Waals surface area contributed by atoms with E-state index in [0.29, 0.717) is 23.8 Å². The van der Waals surface area contributed by atoms with E-state index in [9.17, 15) is 4.79 Å². The smallest absolute Gasteiger partial charge is 0.272 e. The van der Waals surface area contributed by atoms with E-state index in [1.807, 2.05) is 4.90 Å². The molecule has 20 heavy (non-hydrogen) atoms. The van der Waals surface area contributed by atoms with Crippen LogP contribution in [0.3, 0.4) is 0 Å². The minimum absolute atomic E-state index is 0.0352. The number of aromatic nitrogens is 2. The van der Waals surface area contributed by atoms with Crippen molar-refractivity contribution in [2.75, 3.05) is 26.2 Å². The molecule has 6 nitrogen and oxygen atoms in total. The minimum Gasteiger partial charge on any atom is -0.392 e. The first-order valence-corrected chi connectivity index (χ1v) is 7.26. The Morgan fingerprint density at radius 1 is 1.45 bits per heavy atom. The highest BCUT2D eigenvalue weighted by molar-refractivity contribution is 7.80. The molecule has 1 atom stereocenters. The molecule has 1 aliphatic heterocycles. The van der Waals surface area contributed by atoms with E-state index in [0.717, 1.165) is 19.5 Å². The molecule has 2 heterocycles. The molecule has 7 heteroatoms. The monoisotopic (exact) mass is 295 g/mol. The molecule has 0 saturated carbocycles. The number of carbonyl (C=O) groups is 1. The van der Waals surface area contributed by atoms with Gasteiger partial charge in [0.2, 0.25) is 0 Å². The second-order valence-corrected chi connectivity index (χ2v) is 5.47. The van der Waals surface area contributed by atoms with Crippen molar-refractivity contribution in [2.45, 2.75) is 19.4 Å². The van der Waals surface area contributed by atoms with Gasteiger partial charge in [-0.3, -0.25) is 14.4 Å². The molecular formula is C13H21N5OS. The van der Waals surface area contributed by atoms with Crippen LogP contribution in [0.2, 0.25) is 0 Å². The molecule has 0 spiro atoms. The van der Waals surface area contributed by atoms with Crippen LogP contribution in [-0.4, -0.2) is 62.7 Å². The fourth-order valence-electron chi connectivity index (χ4n) is 2.62. The number of amides is 1. The van der Waals surface area contributed by atoms with E-state index in [-0.39, 0.29) is 11.9 Å². The molecule has 1 amide bonds. The van der Waals surface area contributed by atoms with Crippen LogP contribution in [-0.2, 0) is 7.05 Å². The number of piperazine rings is 1. The second kappa shape index (κ2) is 6.32. The largest absolute Gasteiger partial charge is 0.392 e. The van der Waals surface area contributed by atoms with Crippen LogP contribution in [0, 0.1) is 0 Å². The number of hydrogen-bond donors (Lipinski definition) is 1. The van der Waals surface area contributed by atoms with Crippen LogP contribution in [0.1, 0.15) is 23.8 Å². The summed E-state index contributed by atoms with van der Waals surface area (Å²) >= 11 is 5.10.